The standard InChI is InChI=1S/C16H18N4O6S2/c1-26-14-5-4-12(9-13(14)20(22)23)28(24,25)19-7-2-3-11(10-19)15(21)18-16-17-6-8-27-16/h4-6,8-9,11H,2-3,7,10H2,1H3,(H,17,18,21)/t11-/m0/s1. The minimum atomic E-state index is -3.99. The van der Waals surface area contributed by atoms with E-state index >= 15 is 0 Å². The molecule has 150 valence electrons. The van der Waals surface area contributed by atoms with Crippen molar-refractivity contribution in [1.82, 2.24) is 9.29 Å². The molecule has 1 aromatic heterocycles. The molecule has 0 aliphatic carbocycles. The van der Waals surface area contributed by atoms with Crippen LogP contribution in [-0.2, 0) is 14.8 Å². The van der Waals surface area contributed by atoms with Gasteiger partial charge in [0.05, 0.1) is 22.8 Å². The van der Waals surface area contributed by atoms with Gasteiger partial charge in [0.15, 0.2) is 10.9 Å². The fraction of sp³-hybridized carbons (Fsp3) is 0.375. The molecule has 0 unspecified atom stereocenters. The number of nitro benzene ring substituents is 1. The van der Waals surface area contributed by atoms with E-state index in [1.54, 1.807) is 11.6 Å². The van der Waals surface area contributed by atoms with Crippen LogP contribution in [0.1, 0.15) is 12.8 Å². The number of carbonyl (C=O) groups is 1. The van der Waals surface area contributed by atoms with Crippen molar-refractivity contribution in [3.8, 4) is 5.75 Å². The molecule has 0 saturated carbocycles. The van der Waals surface area contributed by atoms with Crippen molar-refractivity contribution in [3.05, 3.63) is 39.9 Å². The number of nitro groups is 1. The fourth-order valence-electron chi connectivity index (χ4n) is 2.99. The number of benzene rings is 1. The van der Waals surface area contributed by atoms with Crippen LogP contribution in [0.5, 0.6) is 5.75 Å². The van der Waals surface area contributed by atoms with E-state index in [4.69, 9.17) is 4.74 Å². The number of aromatic nitrogens is 1. The molecule has 10 nitrogen and oxygen atoms in total. The molecule has 1 saturated heterocycles. The molecule has 1 aliphatic heterocycles. The van der Waals surface area contributed by atoms with Gasteiger partial charge in [-0.3, -0.25) is 14.9 Å². The van der Waals surface area contributed by atoms with Crippen LogP contribution in [0.25, 0.3) is 0 Å². The summed E-state index contributed by atoms with van der Waals surface area (Å²) in [6, 6.07) is 3.50. The predicted molar refractivity (Wildman–Crippen MR) is 102 cm³/mol. The van der Waals surface area contributed by atoms with Crippen molar-refractivity contribution in [2.45, 2.75) is 17.7 Å². The molecular formula is C16H18N4O6S2. The number of thiazole rings is 1. The van der Waals surface area contributed by atoms with Crippen molar-refractivity contribution < 1.29 is 22.9 Å². The summed E-state index contributed by atoms with van der Waals surface area (Å²) in [5, 5.41) is 16.1. The first-order valence-corrected chi connectivity index (χ1v) is 10.7. The number of piperidine rings is 1. The van der Waals surface area contributed by atoms with E-state index in [9.17, 15) is 23.3 Å². The molecule has 1 atom stereocenters. The lowest BCUT2D eigenvalue weighted by molar-refractivity contribution is -0.386. The molecule has 2 heterocycles. The summed E-state index contributed by atoms with van der Waals surface area (Å²) in [7, 11) is -2.72. The van der Waals surface area contributed by atoms with E-state index in [0.717, 1.165) is 6.07 Å². The molecule has 28 heavy (non-hydrogen) atoms. The number of methoxy groups -OCH3 is 1. The maximum Gasteiger partial charge on any atom is 0.312 e. The van der Waals surface area contributed by atoms with Gasteiger partial charge in [-0.25, -0.2) is 13.4 Å². The topological polar surface area (TPSA) is 132 Å². The third-order valence-electron chi connectivity index (χ3n) is 4.40. The molecule has 1 aliphatic rings. The number of amides is 1. The lowest BCUT2D eigenvalue weighted by Crippen LogP contribution is -2.43. The first kappa shape index (κ1) is 20.2. The third-order valence-corrected chi connectivity index (χ3v) is 6.95. The van der Waals surface area contributed by atoms with Gasteiger partial charge < -0.3 is 10.1 Å². The molecule has 2 aromatic rings. The number of ether oxygens (including phenoxy) is 1. The SMILES string of the molecule is COc1ccc(S(=O)(=O)N2CCC[C@H](C(=O)Nc3nccs3)C2)cc1[N+](=O)[O-]. The zero-order valence-electron chi connectivity index (χ0n) is 14.9. The Labute approximate surface area is 165 Å². The smallest absolute Gasteiger partial charge is 0.312 e. The Kier molecular flexibility index (Phi) is 5.91. The molecule has 0 bridgehead atoms. The van der Waals surface area contributed by atoms with Gasteiger partial charge in [-0.2, -0.15) is 4.31 Å². The zero-order chi connectivity index (χ0) is 20.3. The molecular weight excluding hydrogens is 408 g/mol. The maximum atomic E-state index is 13.0. The highest BCUT2D eigenvalue weighted by Gasteiger charge is 2.34. The van der Waals surface area contributed by atoms with Crippen LogP contribution in [-0.4, -0.2) is 48.7 Å². The van der Waals surface area contributed by atoms with Crippen molar-refractivity contribution in [1.29, 1.82) is 0 Å². The first-order chi connectivity index (χ1) is 13.3. The van der Waals surface area contributed by atoms with Gasteiger partial charge in [0.1, 0.15) is 0 Å². The van der Waals surface area contributed by atoms with E-state index in [-0.39, 0.29) is 29.6 Å². The minimum Gasteiger partial charge on any atom is -0.490 e. The highest BCUT2D eigenvalue weighted by molar-refractivity contribution is 7.89. The van der Waals surface area contributed by atoms with E-state index in [1.165, 1.54) is 34.9 Å². The summed E-state index contributed by atoms with van der Waals surface area (Å²) < 4.78 is 32.0. The fourth-order valence-corrected chi connectivity index (χ4v) is 5.07. The summed E-state index contributed by atoms with van der Waals surface area (Å²) in [4.78, 5) is 26.7. The first-order valence-electron chi connectivity index (χ1n) is 8.36. The monoisotopic (exact) mass is 426 g/mol. The molecule has 0 radical (unpaired) electrons. The lowest BCUT2D eigenvalue weighted by atomic mass is 9.99. The van der Waals surface area contributed by atoms with E-state index < -0.39 is 26.6 Å². The largest absolute Gasteiger partial charge is 0.490 e. The van der Waals surface area contributed by atoms with Crippen LogP contribution < -0.4 is 10.1 Å². The normalized spacial score (nSPS) is 17.8. The summed E-state index contributed by atoms with van der Waals surface area (Å²) in [5.74, 6) is -0.848. The Morgan fingerprint density at radius 1 is 1.46 bits per heavy atom. The Morgan fingerprint density at radius 2 is 2.25 bits per heavy atom. The average molecular weight is 426 g/mol. The number of carbonyl (C=O) groups excluding carboxylic acids is 1. The van der Waals surface area contributed by atoms with Crippen LogP contribution in [0.3, 0.4) is 0 Å². The number of sulfonamides is 1. The molecule has 1 amide bonds. The van der Waals surface area contributed by atoms with Gasteiger partial charge in [-0.05, 0) is 25.0 Å². The number of nitrogens with zero attached hydrogens (tertiary/aromatic N) is 3. The Balaban J connectivity index is 1.80. The van der Waals surface area contributed by atoms with Crippen LogP contribution in [0.4, 0.5) is 10.8 Å². The van der Waals surface area contributed by atoms with E-state index in [2.05, 4.69) is 10.3 Å². The average Bonchev–Trinajstić information content (AvgIpc) is 3.20. The Bertz CT molecular complexity index is 977. The van der Waals surface area contributed by atoms with Gasteiger partial charge >= 0.3 is 5.69 Å². The number of rotatable bonds is 6. The molecule has 1 fully saturated rings. The van der Waals surface area contributed by atoms with Crippen LogP contribution >= 0.6 is 11.3 Å². The van der Waals surface area contributed by atoms with Gasteiger partial charge in [0, 0.05) is 30.7 Å². The lowest BCUT2D eigenvalue weighted by Gasteiger charge is -2.31. The molecule has 12 heteroatoms. The van der Waals surface area contributed by atoms with E-state index in [0.29, 0.717) is 18.0 Å². The molecule has 1 aromatic carbocycles. The molecule has 1 N–H and O–H groups in total. The number of nitrogens with one attached hydrogen (secondary N) is 1. The summed E-state index contributed by atoms with van der Waals surface area (Å²) in [6.07, 6.45) is 2.62. The molecule has 3 rings (SSSR count). The second kappa shape index (κ2) is 8.20. The van der Waals surface area contributed by atoms with Gasteiger partial charge in [-0.1, -0.05) is 0 Å². The maximum absolute atomic E-state index is 13.0. The van der Waals surface area contributed by atoms with Gasteiger partial charge in [-0.15, -0.1) is 11.3 Å². The second-order valence-corrected chi connectivity index (χ2v) is 8.95. The van der Waals surface area contributed by atoms with Crippen molar-refractivity contribution in [2.75, 3.05) is 25.5 Å². The summed E-state index contributed by atoms with van der Waals surface area (Å²) in [6.45, 7) is 0.239. The quantitative estimate of drug-likeness (QED) is 0.552. The summed E-state index contributed by atoms with van der Waals surface area (Å²) in [5.41, 5.74) is -0.432. The van der Waals surface area contributed by atoms with Crippen LogP contribution in [0, 0.1) is 16.0 Å². The Hall–Kier alpha value is -2.57. The zero-order valence-corrected chi connectivity index (χ0v) is 16.5. The predicted octanol–water partition coefficient (Wildman–Crippen LogP) is 2.10. The second-order valence-electron chi connectivity index (χ2n) is 6.12. The Morgan fingerprint density at radius 3 is 2.89 bits per heavy atom. The highest BCUT2D eigenvalue weighted by atomic mass is 32.2. The third kappa shape index (κ3) is 4.13. The number of anilines is 1. The van der Waals surface area contributed by atoms with E-state index in [1.807, 2.05) is 0 Å². The van der Waals surface area contributed by atoms with Gasteiger partial charge in [0.2, 0.25) is 15.9 Å². The summed E-state index contributed by atoms with van der Waals surface area (Å²) >= 11 is 1.28. The van der Waals surface area contributed by atoms with Crippen LogP contribution in [0.15, 0.2) is 34.7 Å². The van der Waals surface area contributed by atoms with Crippen molar-refractivity contribution >= 4 is 38.1 Å². The van der Waals surface area contributed by atoms with Crippen LogP contribution in [0.2, 0.25) is 0 Å². The number of hydrogen-bond acceptors (Lipinski definition) is 8. The number of hydrogen-bond donors (Lipinski definition) is 1. The highest BCUT2D eigenvalue weighted by Crippen LogP contribution is 2.32. The van der Waals surface area contributed by atoms with Crippen molar-refractivity contribution in [2.24, 2.45) is 5.92 Å². The molecule has 0 spiro atoms. The minimum absolute atomic E-state index is 0.000626. The van der Waals surface area contributed by atoms with Crippen molar-refractivity contribution in [3.63, 3.8) is 0 Å². The van der Waals surface area contributed by atoms with Gasteiger partial charge in [0.25, 0.3) is 0 Å².